The first kappa shape index (κ1) is 14.9. The van der Waals surface area contributed by atoms with Gasteiger partial charge in [0, 0.05) is 12.6 Å². The second-order valence-electron chi connectivity index (χ2n) is 5.71. The molecular weight excluding hydrogens is 264 g/mol. The molecule has 1 aliphatic rings. The molecule has 0 bridgehead atoms. The van der Waals surface area contributed by atoms with E-state index in [-0.39, 0.29) is 12.1 Å². The van der Waals surface area contributed by atoms with E-state index in [9.17, 15) is 18.7 Å². The van der Waals surface area contributed by atoms with E-state index < -0.39 is 23.1 Å². The van der Waals surface area contributed by atoms with Gasteiger partial charge in [0.05, 0.1) is 11.2 Å². The van der Waals surface area contributed by atoms with Crippen molar-refractivity contribution >= 4 is 5.91 Å². The lowest BCUT2D eigenvalue weighted by Crippen LogP contribution is -2.45. The van der Waals surface area contributed by atoms with Crippen molar-refractivity contribution in [1.82, 2.24) is 5.32 Å². The van der Waals surface area contributed by atoms with Gasteiger partial charge in [0.15, 0.2) is 0 Å². The normalized spacial score (nSPS) is 26.3. The van der Waals surface area contributed by atoms with Crippen molar-refractivity contribution < 1.29 is 18.7 Å². The summed E-state index contributed by atoms with van der Waals surface area (Å²) in [6.07, 6.45) is 3.08. The molecule has 2 N–H and O–H groups in total. The molecular formula is C15H19F2NO2. The highest BCUT2D eigenvalue weighted by molar-refractivity contribution is 5.94. The fourth-order valence-corrected chi connectivity index (χ4v) is 2.49. The molecule has 1 aromatic rings. The van der Waals surface area contributed by atoms with Gasteiger partial charge in [-0.2, -0.15) is 0 Å². The standard InChI is InChI=1S/C15H19F2NO2/c1-10-4-6-15(20,7-5-10)9-18-14(19)12-3-2-11(16)8-13(12)17/h2-3,8,10,20H,4-7,9H2,1H3,(H,18,19). The SMILES string of the molecule is CC1CCC(O)(CNC(=O)c2ccc(F)cc2F)CC1. The largest absolute Gasteiger partial charge is 0.388 e. The Balaban J connectivity index is 1.95. The average molecular weight is 283 g/mol. The number of nitrogens with one attached hydrogen (secondary N) is 1. The Morgan fingerprint density at radius 3 is 2.65 bits per heavy atom. The summed E-state index contributed by atoms with van der Waals surface area (Å²) in [7, 11) is 0. The van der Waals surface area contributed by atoms with Gasteiger partial charge in [-0.25, -0.2) is 8.78 Å². The molecule has 0 saturated heterocycles. The molecule has 0 aliphatic heterocycles. The summed E-state index contributed by atoms with van der Waals surface area (Å²) in [6, 6.07) is 2.81. The summed E-state index contributed by atoms with van der Waals surface area (Å²) in [6.45, 7) is 2.22. The van der Waals surface area contributed by atoms with E-state index in [0.717, 1.165) is 25.0 Å². The molecule has 0 unspecified atom stereocenters. The van der Waals surface area contributed by atoms with E-state index in [4.69, 9.17) is 0 Å². The van der Waals surface area contributed by atoms with Crippen LogP contribution in [-0.4, -0.2) is 23.2 Å². The van der Waals surface area contributed by atoms with Crippen molar-refractivity contribution in [2.24, 2.45) is 5.92 Å². The second-order valence-corrected chi connectivity index (χ2v) is 5.71. The molecule has 1 fully saturated rings. The smallest absolute Gasteiger partial charge is 0.254 e. The molecule has 110 valence electrons. The van der Waals surface area contributed by atoms with E-state index in [0.29, 0.717) is 24.8 Å². The van der Waals surface area contributed by atoms with E-state index in [1.165, 1.54) is 0 Å². The molecule has 1 amide bonds. The third-order valence-electron chi connectivity index (χ3n) is 3.96. The topological polar surface area (TPSA) is 49.3 Å². The van der Waals surface area contributed by atoms with Crippen molar-refractivity contribution in [2.75, 3.05) is 6.54 Å². The zero-order chi connectivity index (χ0) is 14.8. The van der Waals surface area contributed by atoms with Gasteiger partial charge < -0.3 is 10.4 Å². The van der Waals surface area contributed by atoms with Crippen LogP contribution in [0.2, 0.25) is 0 Å². The van der Waals surface area contributed by atoms with Gasteiger partial charge in [0.25, 0.3) is 5.91 Å². The van der Waals surface area contributed by atoms with Gasteiger partial charge in [0.2, 0.25) is 0 Å². The van der Waals surface area contributed by atoms with Crippen LogP contribution in [-0.2, 0) is 0 Å². The summed E-state index contributed by atoms with van der Waals surface area (Å²) < 4.78 is 26.2. The van der Waals surface area contributed by atoms with Gasteiger partial charge in [0.1, 0.15) is 11.6 Å². The summed E-state index contributed by atoms with van der Waals surface area (Å²) in [5.41, 5.74) is -1.13. The van der Waals surface area contributed by atoms with Crippen molar-refractivity contribution in [3.63, 3.8) is 0 Å². The minimum absolute atomic E-state index is 0.0926. The van der Waals surface area contributed by atoms with Crippen LogP contribution in [0, 0.1) is 17.6 Å². The van der Waals surface area contributed by atoms with Gasteiger partial charge in [-0.3, -0.25) is 4.79 Å². The van der Waals surface area contributed by atoms with Gasteiger partial charge in [-0.05, 0) is 43.7 Å². The van der Waals surface area contributed by atoms with Crippen molar-refractivity contribution in [1.29, 1.82) is 0 Å². The lowest BCUT2D eigenvalue weighted by atomic mass is 9.79. The summed E-state index contributed by atoms with van der Waals surface area (Å²) in [4.78, 5) is 11.8. The molecule has 0 heterocycles. The third-order valence-corrected chi connectivity index (χ3v) is 3.96. The molecule has 2 rings (SSSR count). The second kappa shape index (κ2) is 5.87. The van der Waals surface area contributed by atoms with Gasteiger partial charge >= 0.3 is 0 Å². The van der Waals surface area contributed by atoms with Crippen molar-refractivity contribution in [2.45, 2.75) is 38.2 Å². The van der Waals surface area contributed by atoms with E-state index >= 15 is 0 Å². The third kappa shape index (κ3) is 3.54. The molecule has 3 nitrogen and oxygen atoms in total. The van der Waals surface area contributed by atoms with E-state index in [1.54, 1.807) is 0 Å². The first-order valence-corrected chi connectivity index (χ1v) is 6.85. The van der Waals surface area contributed by atoms with Crippen LogP contribution >= 0.6 is 0 Å². The minimum Gasteiger partial charge on any atom is -0.388 e. The van der Waals surface area contributed by atoms with Gasteiger partial charge in [-0.15, -0.1) is 0 Å². The van der Waals surface area contributed by atoms with E-state index in [2.05, 4.69) is 12.2 Å². The Labute approximate surface area is 117 Å². The molecule has 0 spiro atoms. The average Bonchev–Trinajstić information content (AvgIpc) is 2.40. The van der Waals surface area contributed by atoms with E-state index in [1.807, 2.05) is 0 Å². The van der Waals surface area contributed by atoms with Crippen LogP contribution < -0.4 is 5.32 Å². The quantitative estimate of drug-likeness (QED) is 0.896. The zero-order valence-electron chi connectivity index (χ0n) is 11.5. The van der Waals surface area contributed by atoms with Crippen molar-refractivity contribution in [3.8, 4) is 0 Å². The molecule has 1 aliphatic carbocycles. The lowest BCUT2D eigenvalue weighted by Gasteiger charge is -2.34. The maximum Gasteiger partial charge on any atom is 0.254 e. The molecule has 1 aromatic carbocycles. The van der Waals surface area contributed by atoms with Crippen LogP contribution in [0.25, 0.3) is 0 Å². The summed E-state index contributed by atoms with van der Waals surface area (Å²) in [5.74, 6) is -1.67. The predicted octanol–water partition coefficient (Wildman–Crippen LogP) is 2.64. The zero-order valence-corrected chi connectivity index (χ0v) is 11.5. The molecule has 0 aromatic heterocycles. The number of amides is 1. The fraction of sp³-hybridized carbons (Fsp3) is 0.533. The van der Waals surface area contributed by atoms with Crippen LogP contribution in [0.4, 0.5) is 8.78 Å². The highest BCUT2D eigenvalue weighted by Crippen LogP contribution is 2.31. The first-order chi connectivity index (χ1) is 9.39. The van der Waals surface area contributed by atoms with Crippen LogP contribution in [0.1, 0.15) is 43.0 Å². The van der Waals surface area contributed by atoms with Crippen molar-refractivity contribution in [3.05, 3.63) is 35.4 Å². The Hall–Kier alpha value is -1.49. The number of benzene rings is 1. The van der Waals surface area contributed by atoms with Crippen LogP contribution in [0.5, 0.6) is 0 Å². The number of halogens is 2. The Morgan fingerprint density at radius 1 is 1.40 bits per heavy atom. The minimum atomic E-state index is -0.918. The fourth-order valence-electron chi connectivity index (χ4n) is 2.49. The Morgan fingerprint density at radius 2 is 2.05 bits per heavy atom. The number of rotatable bonds is 3. The first-order valence-electron chi connectivity index (χ1n) is 6.85. The summed E-state index contributed by atoms with van der Waals surface area (Å²) in [5, 5.41) is 12.9. The highest BCUT2D eigenvalue weighted by Gasteiger charge is 2.32. The molecule has 0 atom stereocenters. The Bertz CT molecular complexity index is 497. The Kier molecular flexibility index (Phi) is 4.38. The number of hydrogen-bond acceptors (Lipinski definition) is 2. The lowest BCUT2D eigenvalue weighted by molar-refractivity contribution is -0.00543. The highest BCUT2D eigenvalue weighted by atomic mass is 19.1. The maximum atomic E-state index is 13.4. The monoisotopic (exact) mass is 283 g/mol. The molecule has 0 radical (unpaired) electrons. The number of hydrogen-bond donors (Lipinski definition) is 2. The maximum absolute atomic E-state index is 13.4. The molecule has 1 saturated carbocycles. The van der Waals surface area contributed by atoms with Crippen LogP contribution in [0.15, 0.2) is 18.2 Å². The molecule has 20 heavy (non-hydrogen) atoms. The predicted molar refractivity (Wildman–Crippen MR) is 71.3 cm³/mol. The number of aliphatic hydroxyl groups is 1. The van der Waals surface area contributed by atoms with Crippen LogP contribution in [0.3, 0.4) is 0 Å². The van der Waals surface area contributed by atoms with Gasteiger partial charge in [-0.1, -0.05) is 6.92 Å². The number of carbonyl (C=O) groups excluding carboxylic acids is 1. The summed E-state index contributed by atoms with van der Waals surface area (Å²) >= 11 is 0. The molecule has 5 heteroatoms. The number of carbonyl (C=O) groups is 1.